The standard InChI is InChI=1S/C13H23N3O2/c14-11(16-17)7-13(4-5-13)8-15-10-3-6-18-12(10)9-1-2-9/h9-10,12,15,17H,1-8H2,(H2,14,16). The highest BCUT2D eigenvalue weighted by Gasteiger charge is 2.45. The number of hydrogen-bond acceptors (Lipinski definition) is 4. The Morgan fingerprint density at radius 1 is 1.39 bits per heavy atom. The lowest BCUT2D eigenvalue weighted by atomic mass is 9.99. The van der Waals surface area contributed by atoms with Gasteiger partial charge in [-0.25, -0.2) is 0 Å². The first-order valence-electron chi connectivity index (χ1n) is 7.04. The van der Waals surface area contributed by atoms with Gasteiger partial charge in [0.1, 0.15) is 5.84 Å². The minimum atomic E-state index is 0.243. The molecule has 0 bridgehead atoms. The number of rotatable bonds is 6. The third-order valence-electron chi connectivity index (χ3n) is 4.60. The molecule has 1 saturated heterocycles. The molecule has 1 heterocycles. The lowest BCUT2D eigenvalue weighted by Crippen LogP contribution is -2.41. The molecule has 3 rings (SSSR count). The number of oxime groups is 1. The largest absolute Gasteiger partial charge is 0.409 e. The second-order valence-corrected chi connectivity index (χ2v) is 6.22. The summed E-state index contributed by atoms with van der Waals surface area (Å²) in [5, 5.41) is 15.4. The molecule has 0 radical (unpaired) electrons. The first kappa shape index (κ1) is 12.2. The van der Waals surface area contributed by atoms with Crippen molar-refractivity contribution in [2.45, 2.75) is 50.7 Å². The third kappa shape index (κ3) is 2.62. The van der Waals surface area contributed by atoms with Gasteiger partial charge in [0.05, 0.1) is 6.10 Å². The molecule has 0 aromatic rings. The normalized spacial score (nSPS) is 34.8. The van der Waals surface area contributed by atoms with Gasteiger partial charge in [0, 0.05) is 25.6 Å². The van der Waals surface area contributed by atoms with Crippen LogP contribution in [0.15, 0.2) is 5.16 Å². The summed E-state index contributed by atoms with van der Waals surface area (Å²) in [4.78, 5) is 0. The van der Waals surface area contributed by atoms with E-state index in [0.717, 1.165) is 25.5 Å². The molecule has 2 atom stereocenters. The second-order valence-electron chi connectivity index (χ2n) is 6.22. The Balaban J connectivity index is 1.48. The smallest absolute Gasteiger partial charge is 0.139 e. The number of nitrogens with two attached hydrogens (primary N) is 1. The van der Waals surface area contributed by atoms with Crippen LogP contribution in [0.2, 0.25) is 0 Å². The van der Waals surface area contributed by atoms with Crippen LogP contribution in [-0.2, 0) is 4.74 Å². The predicted molar refractivity (Wildman–Crippen MR) is 68.6 cm³/mol. The van der Waals surface area contributed by atoms with Gasteiger partial charge < -0.3 is 21.0 Å². The van der Waals surface area contributed by atoms with E-state index in [-0.39, 0.29) is 5.41 Å². The molecule has 2 aliphatic carbocycles. The minimum Gasteiger partial charge on any atom is -0.409 e. The lowest BCUT2D eigenvalue weighted by Gasteiger charge is -2.23. The number of amidine groups is 1. The Morgan fingerprint density at radius 2 is 2.17 bits per heavy atom. The van der Waals surface area contributed by atoms with Crippen molar-refractivity contribution in [2.24, 2.45) is 22.2 Å². The summed E-state index contributed by atoms with van der Waals surface area (Å²) in [6.07, 6.45) is 7.29. The minimum absolute atomic E-state index is 0.243. The SMILES string of the molecule is NC(CC1(CNC2CCOC2C2CC2)CC1)=NO. The highest BCUT2D eigenvalue weighted by atomic mass is 16.5. The zero-order valence-corrected chi connectivity index (χ0v) is 10.8. The van der Waals surface area contributed by atoms with Gasteiger partial charge in [-0.2, -0.15) is 0 Å². The van der Waals surface area contributed by atoms with Crippen molar-refractivity contribution in [3.63, 3.8) is 0 Å². The fourth-order valence-corrected chi connectivity index (χ4v) is 3.08. The van der Waals surface area contributed by atoms with Gasteiger partial charge in [-0.3, -0.25) is 0 Å². The average Bonchev–Trinajstić information content (AvgIpc) is 3.29. The molecule has 3 fully saturated rings. The van der Waals surface area contributed by atoms with Crippen molar-refractivity contribution in [1.29, 1.82) is 0 Å². The van der Waals surface area contributed by atoms with Crippen LogP contribution in [0.25, 0.3) is 0 Å². The Hall–Kier alpha value is -0.810. The highest BCUT2D eigenvalue weighted by Crippen LogP contribution is 2.48. The van der Waals surface area contributed by atoms with E-state index in [0.29, 0.717) is 24.4 Å². The first-order valence-corrected chi connectivity index (χ1v) is 7.04. The van der Waals surface area contributed by atoms with Gasteiger partial charge in [-0.05, 0) is 43.4 Å². The van der Waals surface area contributed by atoms with Crippen molar-refractivity contribution in [3.05, 3.63) is 0 Å². The molecule has 3 aliphatic rings. The maximum Gasteiger partial charge on any atom is 0.139 e. The molecule has 2 saturated carbocycles. The second kappa shape index (κ2) is 4.70. The van der Waals surface area contributed by atoms with E-state index in [9.17, 15) is 0 Å². The average molecular weight is 253 g/mol. The number of hydrogen-bond donors (Lipinski definition) is 3. The quantitative estimate of drug-likeness (QED) is 0.286. The van der Waals surface area contributed by atoms with Crippen LogP contribution >= 0.6 is 0 Å². The van der Waals surface area contributed by atoms with Crippen molar-refractivity contribution in [2.75, 3.05) is 13.2 Å². The van der Waals surface area contributed by atoms with Gasteiger partial charge in [0.25, 0.3) is 0 Å². The summed E-state index contributed by atoms with van der Waals surface area (Å²) < 4.78 is 5.83. The zero-order chi connectivity index (χ0) is 12.6. The Kier molecular flexibility index (Phi) is 3.20. The van der Waals surface area contributed by atoms with Crippen LogP contribution in [0.3, 0.4) is 0 Å². The fourth-order valence-electron chi connectivity index (χ4n) is 3.08. The Morgan fingerprint density at radius 3 is 2.78 bits per heavy atom. The summed E-state index contributed by atoms with van der Waals surface area (Å²) >= 11 is 0. The molecule has 102 valence electrons. The summed E-state index contributed by atoms with van der Waals surface area (Å²) in [7, 11) is 0. The van der Waals surface area contributed by atoms with Crippen molar-refractivity contribution >= 4 is 5.84 Å². The van der Waals surface area contributed by atoms with Crippen LogP contribution in [0.4, 0.5) is 0 Å². The lowest BCUT2D eigenvalue weighted by molar-refractivity contribution is 0.0801. The molecule has 4 N–H and O–H groups in total. The Labute approximate surface area is 108 Å². The first-order chi connectivity index (χ1) is 8.72. The summed E-state index contributed by atoms with van der Waals surface area (Å²) in [6.45, 7) is 1.87. The van der Waals surface area contributed by atoms with Gasteiger partial charge >= 0.3 is 0 Å². The summed E-state index contributed by atoms with van der Waals surface area (Å²) in [5.41, 5.74) is 5.86. The molecule has 2 unspecified atom stereocenters. The van der Waals surface area contributed by atoms with E-state index in [4.69, 9.17) is 15.7 Å². The molecule has 0 aromatic carbocycles. The van der Waals surface area contributed by atoms with E-state index in [1.54, 1.807) is 0 Å². The highest BCUT2D eigenvalue weighted by molar-refractivity contribution is 5.80. The third-order valence-corrected chi connectivity index (χ3v) is 4.60. The van der Waals surface area contributed by atoms with Crippen LogP contribution in [-0.4, -0.2) is 36.3 Å². The fraction of sp³-hybridized carbons (Fsp3) is 0.923. The van der Waals surface area contributed by atoms with Crippen LogP contribution in [0, 0.1) is 11.3 Å². The molecule has 0 spiro atoms. The molecule has 1 aliphatic heterocycles. The van der Waals surface area contributed by atoms with Gasteiger partial charge in [0.15, 0.2) is 0 Å². The number of nitrogens with one attached hydrogen (secondary N) is 1. The predicted octanol–water partition coefficient (Wildman–Crippen LogP) is 1.06. The van der Waals surface area contributed by atoms with Crippen LogP contribution < -0.4 is 11.1 Å². The Bertz CT molecular complexity index is 337. The van der Waals surface area contributed by atoms with E-state index >= 15 is 0 Å². The van der Waals surface area contributed by atoms with Crippen LogP contribution in [0.1, 0.15) is 38.5 Å². The van der Waals surface area contributed by atoms with Gasteiger partial charge in [0.2, 0.25) is 0 Å². The molecule has 0 amide bonds. The maximum absolute atomic E-state index is 8.65. The molecule has 18 heavy (non-hydrogen) atoms. The molecule has 0 aromatic heterocycles. The van der Waals surface area contributed by atoms with Crippen molar-refractivity contribution in [3.8, 4) is 0 Å². The van der Waals surface area contributed by atoms with E-state index < -0.39 is 0 Å². The molecule has 5 nitrogen and oxygen atoms in total. The van der Waals surface area contributed by atoms with E-state index in [2.05, 4.69) is 10.5 Å². The van der Waals surface area contributed by atoms with Gasteiger partial charge in [-0.15, -0.1) is 0 Å². The topological polar surface area (TPSA) is 79.9 Å². The molecular formula is C13H23N3O2. The van der Waals surface area contributed by atoms with Crippen molar-refractivity contribution in [1.82, 2.24) is 5.32 Å². The number of nitrogens with zero attached hydrogens (tertiary/aromatic N) is 1. The summed E-state index contributed by atoms with van der Waals surface area (Å²) in [6, 6.07) is 0.516. The van der Waals surface area contributed by atoms with Crippen LogP contribution in [0.5, 0.6) is 0 Å². The van der Waals surface area contributed by atoms with Gasteiger partial charge in [-0.1, -0.05) is 5.16 Å². The molecular weight excluding hydrogens is 230 g/mol. The van der Waals surface area contributed by atoms with E-state index in [1.165, 1.54) is 25.7 Å². The monoisotopic (exact) mass is 253 g/mol. The maximum atomic E-state index is 8.65. The zero-order valence-electron chi connectivity index (χ0n) is 10.8. The van der Waals surface area contributed by atoms with Crippen molar-refractivity contribution < 1.29 is 9.94 Å². The number of ether oxygens (including phenoxy) is 1. The molecule has 5 heteroatoms. The van der Waals surface area contributed by atoms with E-state index in [1.807, 2.05) is 0 Å². The summed E-state index contributed by atoms with van der Waals surface area (Å²) in [5.74, 6) is 1.15.